The molecule has 2 unspecified atom stereocenters. The second kappa shape index (κ2) is 6.34. The third-order valence-electron chi connectivity index (χ3n) is 5.34. The summed E-state index contributed by atoms with van der Waals surface area (Å²) in [5.41, 5.74) is 0. The number of piperazine rings is 1. The van der Waals surface area contributed by atoms with Crippen LogP contribution in [-0.4, -0.2) is 60.4 Å². The molecule has 0 aromatic heterocycles. The van der Waals surface area contributed by atoms with Gasteiger partial charge in [0.15, 0.2) is 0 Å². The summed E-state index contributed by atoms with van der Waals surface area (Å²) < 4.78 is 0. The molecule has 0 aromatic carbocycles. The third kappa shape index (κ3) is 3.23. The Bertz CT molecular complexity index is 406. The normalized spacial score (nSPS) is 33.1. The van der Waals surface area contributed by atoms with E-state index in [4.69, 9.17) is 0 Å². The molecule has 0 bridgehead atoms. The van der Waals surface area contributed by atoms with Gasteiger partial charge in [-0.05, 0) is 45.2 Å². The lowest BCUT2D eigenvalue weighted by Gasteiger charge is -2.43. The molecule has 2 heterocycles. The number of rotatable bonds is 2. The van der Waals surface area contributed by atoms with E-state index in [1.807, 2.05) is 4.90 Å². The van der Waals surface area contributed by atoms with Gasteiger partial charge in [-0.25, -0.2) is 0 Å². The fourth-order valence-corrected chi connectivity index (χ4v) is 4.18. The zero-order valence-electron chi connectivity index (χ0n) is 13.0. The van der Waals surface area contributed by atoms with E-state index in [1.54, 1.807) is 0 Å². The molecule has 3 aliphatic rings. The minimum absolute atomic E-state index is 0.0263. The number of piperidine rings is 1. The summed E-state index contributed by atoms with van der Waals surface area (Å²) in [5, 5.41) is 2.97. The van der Waals surface area contributed by atoms with Gasteiger partial charge in [-0.2, -0.15) is 0 Å². The first-order valence-corrected chi connectivity index (χ1v) is 8.43. The van der Waals surface area contributed by atoms with E-state index >= 15 is 0 Å². The van der Waals surface area contributed by atoms with Gasteiger partial charge >= 0.3 is 0 Å². The molecule has 1 aliphatic carbocycles. The zero-order valence-corrected chi connectivity index (χ0v) is 13.0. The van der Waals surface area contributed by atoms with E-state index in [-0.39, 0.29) is 30.4 Å². The number of carbonyl (C=O) groups excluding carboxylic acids is 2. The van der Waals surface area contributed by atoms with Crippen LogP contribution in [0.15, 0.2) is 0 Å². The predicted octanol–water partition coefficient (Wildman–Crippen LogP) is 0.988. The molecule has 2 atom stereocenters. The molecule has 5 heteroatoms. The van der Waals surface area contributed by atoms with Crippen LogP contribution in [0.2, 0.25) is 0 Å². The van der Waals surface area contributed by atoms with Crippen LogP contribution in [-0.2, 0) is 9.59 Å². The monoisotopic (exact) mass is 293 g/mol. The molecule has 2 amide bonds. The standard InChI is InChI=1S/C16H27N3O2/c1-18-9-5-8-13(10-18)19-11-14(20)17-15(16(19)21)12-6-3-2-4-7-12/h12-13,15H,2-11H2,1H3,(H,17,20). The van der Waals surface area contributed by atoms with Gasteiger partial charge in [0, 0.05) is 12.6 Å². The summed E-state index contributed by atoms with van der Waals surface area (Å²) in [4.78, 5) is 29.1. The van der Waals surface area contributed by atoms with Crippen molar-refractivity contribution in [2.45, 2.75) is 57.0 Å². The van der Waals surface area contributed by atoms with Crippen LogP contribution in [0.4, 0.5) is 0 Å². The van der Waals surface area contributed by atoms with E-state index in [1.165, 1.54) is 19.3 Å². The fraction of sp³-hybridized carbons (Fsp3) is 0.875. The van der Waals surface area contributed by atoms with Crippen molar-refractivity contribution in [2.75, 3.05) is 26.7 Å². The highest BCUT2D eigenvalue weighted by Gasteiger charge is 2.41. The van der Waals surface area contributed by atoms with Crippen LogP contribution in [0, 0.1) is 5.92 Å². The summed E-state index contributed by atoms with van der Waals surface area (Å²) in [7, 11) is 2.10. The number of nitrogens with one attached hydrogen (secondary N) is 1. The van der Waals surface area contributed by atoms with E-state index in [0.29, 0.717) is 5.92 Å². The number of carbonyl (C=O) groups is 2. The molecule has 5 nitrogen and oxygen atoms in total. The van der Waals surface area contributed by atoms with Gasteiger partial charge in [0.1, 0.15) is 6.04 Å². The molecule has 2 aliphatic heterocycles. The van der Waals surface area contributed by atoms with Crippen molar-refractivity contribution in [3.8, 4) is 0 Å². The quantitative estimate of drug-likeness (QED) is 0.826. The topological polar surface area (TPSA) is 52.6 Å². The molecule has 118 valence electrons. The molecule has 3 fully saturated rings. The smallest absolute Gasteiger partial charge is 0.246 e. The highest BCUT2D eigenvalue weighted by atomic mass is 16.2. The van der Waals surface area contributed by atoms with Crippen LogP contribution in [0.5, 0.6) is 0 Å². The summed E-state index contributed by atoms with van der Waals surface area (Å²) in [6.07, 6.45) is 7.95. The molecule has 1 saturated carbocycles. The lowest BCUT2D eigenvalue weighted by molar-refractivity contribution is -0.149. The maximum Gasteiger partial charge on any atom is 0.246 e. The van der Waals surface area contributed by atoms with Crippen LogP contribution in [0.1, 0.15) is 44.9 Å². The Morgan fingerprint density at radius 2 is 1.81 bits per heavy atom. The van der Waals surface area contributed by atoms with E-state index in [9.17, 15) is 9.59 Å². The second-order valence-electron chi connectivity index (χ2n) is 6.97. The summed E-state index contributed by atoms with van der Waals surface area (Å²) in [6, 6.07) is -0.0489. The molecular formula is C16H27N3O2. The molecule has 0 aromatic rings. The van der Waals surface area contributed by atoms with Crippen LogP contribution < -0.4 is 5.32 Å². The van der Waals surface area contributed by atoms with Gasteiger partial charge in [-0.1, -0.05) is 19.3 Å². The van der Waals surface area contributed by atoms with Gasteiger partial charge in [-0.15, -0.1) is 0 Å². The van der Waals surface area contributed by atoms with Crippen LogP contribution >= 0.6 is 0 Å². The average Bonchev–Trinajstić information content (AvgIpc) is 2.50. The van der Waals surface area contributed by atoms with Gasteiger partial charge in [0.25, 0.3) is 0 Å². The number of hydrogen-bond donors (Lipinski definition) is 1. The fourth-order valence-electron chi connectivity index (χ4n) is 4.18. The highest BCUT2D eigenvalue weighted by Crippen LogP contribution is 2.29. The van der Waals surface area contributed by atoms with Gasteiger partial charge in [-0.3, -0.25) is 9.59 Å². The number of hydrogen-bond acceptors (Lipinski definition) is 3. The average molecular weight is 293 g/mol. The van der Waals surface area contributed by atoms with Crippen molar-refractivity contribution in [3.63, 3.8) is 0 Å². The van der Waals surface area contributed by atoms with E-state index in [2.05, 4.69) is 17.3 Å². The minimum Gasteiger partial charge on any atom is -0.342 e. The lowest BCUT2D eigenvalue weighted by Crippen LogP contribution is -2.64. The number of amides is 2. The van der Waals surface area contributed by atoms with E-state index in [0.717, 1.165) is 38.8 Å². The summed E-state index contributed by atoms with van der Waals surface area (Å²) >= 11 is 0. The Morgan fingerprint density at radius 3 is 2.52 bits per heavy atom. The zero-order chi connectivity index (χ0) is 14.8. The number of likely N-dealkylation sites (tertiary alicyclic amines) is 1. The van der Waals surface area contributed by atoms with Gasteiger partial charge in [0.05, 0.1) is 6.54 Å². The Hall–Kier alpha value is -1.10. The van der Waals surface area contributed by atoms with Gasteiger partial charge < -0.3 is 15.1 Å². The second-order valence-corrected chi connectivity index (χ2v) is 6.97. The molecule has 3 rings (SSSR count). The Kier molecular flexibility index (Phi) is 4.48. The maximum absolute atomic E-state index is 12.9. The van der Waals surface area contributed by atoms with Crippen LogP contribution in [0.3, 0.4) is 0 Å². The lowest BCUT2D eigenvalue weighted by atomic mass is 9.82. The van der Waals surface area contributed by atoms with Crippen LogP contribution in [0.25, 0.3) is 0 Å². The number of likely N-dealkylation sites (N-methyl/N-ethyl adjacent to an activating group) is 1. The third-order valence-corrected chi connectivity index (χ3v) is 5.34. The Balaban J connectivity index is 1.71. The van der Waals surface area contributed by atoms with Crippen molar-refractivity contribution in [3.05, 3.63) is 0 Å². The highest BCUT2D eigenvalue weighted by molar-refractivity contribution is 5.95. The van der Waals surface area contributed by atoms with Crippen molar-refractivity contribution in [2.24, 2.45) is 5.92 Å². The molecule has 0 spiro atoms. The largest absolute Gasteiger partial charge is 0.342 e. The van der Waals surface area contributed by atoms with E-state index < -0.39 is 0 Å². The molecule has 21 heavy (non-hydrogen) atoms. The first kappa shape index (κ1) is 14.8. The first-order valence-electron chi connectivity index (χ1n) is 8.43. The predicted molar refractivity (Wildman–Crippen MR) is 80.7 cm³/mol. The van der Waals surface area contributed by atoms with Crippen molar-refractivity contribution < 1.29 is 9.59 Å². The Labute approximate surface area is 127 Å². The number of nitrogens with zero attached hydrogens (tertiary/aromatic N) is 2. The minimum atomic E-state index is -0.265. The summed E-state index contributed by atoms with van der Waals surface area (Å²) in [5.74, 6) is 0.541. The maximum atomic E-state index is 12.9. The van der Waals surface area contributed by atoms with Crippen molar-refractivity contribution in [1.82, 2.24) is 15.1 Å². The van der Waals surface area contributed by atoms with Crippen molar-refractivity contribution in [1.29, 1.82) is 0 Å². The summed E-state index contributed by atoms with van der Waals surface area (Å²) in [6.45, 7) is 2.24. The molecular weight excluding hydrogens is 266 g/mol. The van der Waals surface area contributed by atoms with Gasteiger partial charge in [0.2, 0.25) is 11.8 Å². The Morgan fingerprint density at radius 1 is 1.05 bits per heavy atom. The molecule has 2 saturated heterocycles. The SMILES string of the molecule is CN1CCCC(N2CC(=O)NC(C3CCCCC3)C2=O)C1. The van der Waals surface area contributed by atoms with Crippen molar-refractivity contribution >= 4 is 11.8 Å². The first-order chi connectivity index (χ1) is 10.1. The molecule has 0 radical (unpaired) electrons. The molecule has 1 N–H and O–H groups in total.